The second kappa shape index (κ2) is 5.25. The van der Waals surface area contributed by atoms with E-state index in [9.17, 15) is 0 Å². The van der Waals surface area contributed by atoms with Gasteiger partial charge in [-0.1, -0.05) is 18.2 Å². The Morgan fingerprint density at radius 1 is 1.10 bits per heavy atom. The van der Waals surface area contributed by atoms with Gasteiger partial charge in [-0.05, 0) is 31.2 Å². The van der Waals surface area contributed by atoms with Crippen LogP contribution in [0, 0.1) is 0 Å². The van der Waals surface area contributed by atoms with E-state index in [2.05, 4.69) is 41.1 Å². The number of hydrogen-bond acceptors (Lipinski definition) is 3. The van der Waals surface area contributed by atoms with Crippen LogP contribution in [-0.2, 0) is 6.54 Å². The predicted molar refractivity (Wildman–Crippen MR) is 82.8 cm³/mol. The van der Waals surface area contributed by atoms with Crippen molar-refractivity contribution in [2.45, 2.75) is 13.5 Å². The summed E-state index contributed by atoms with van der Waals surface area (Å²) in [6, 6.07) is 14.2. The highest BCUT2D eigenvalue weighted by Crippen LogP contribution is 2.17. The Hall–Kier alpha value is -2.49. The topological polar surface area (TPSA) is 46.6 Å². The summed E-state index contributed by atoms with van der Waals surface area (Å²) in [5, 5.41) is 0. The molecule has 0 bridgehead atoms. The predicted octanol–water partition coefficient (Wildman–Crippen LogP) is 2.94. The number of anilines is 2. The van der Waals surface area contributed by atoms with E-state index in [1.807, 2.05) is 35.0 Å². The Bertz CT molecular complexity index is 703. The third-order valence-electron chi connectivity index (χ3n) is 3.38. The molecule has 0 radical (unpaired) electrons. The SMILES string of the molecule is CCN(Cc1cn2cc(N)ccc2n1)c1ccccc1. The van der Waals surface area contributed by atoms with Gasteiger partial charge in [-0.15, -0.1) is 0 Å². The highest BCUT2D eigenvalue weighted by Gasteiger charge is 2.08. The average Bonchev–Trinajstić information content (AvgIpc) is 2.87. The lowest BCUT2D eigenvalue weighted by molar-refractivity contribution is 0.815. The van der Waals surface area contributed by atoms with E-state index in [4.69, 9.17) is 5.73 Å². The number of nitrogen functional groups attached to an aromatic ring is 1. The highest BCUT2D eigenvalue weighted by molar-refractivity contribution is 5.50. The number of imidazole rings is 1. The standard InChI is InChI=1S/C16H18N4/c1-2-19(15-6-4-3-5-7-15)11-14-12-20-10-13(17)8-9-16(20)18-14/h3-10,12H,2,11,17H2,1H3. The van der Waals surface area contributed by atoms with Crippen LogP contribution in [-0.4, -0.2) is 15.9 Å². The molecule has 2 N–H and O–H groups in total. The Morgan fingerprint density at radius 3 is 2.65 bits per heavy atom. The maximum absolute atomic E-state index is 5.79. The molecule has 0 aliphatic carbocycles. The summed E-state index contributed by atoms with van der Waals surface area (Å²) in [6.45, 7) is 3.89. The van der Waals surface area contributed by atoms with Crippen LogP contribution >= 0.6 is 0 Å². The highest BCUT2D eigenvalue weighted by atomic mass is 15.1. The molecule has 102 valence electrons. The number of benzene rings is 1. The molecule has 0 saturated heterocycles. The summed E-state index contributed by atoms with van der Waals surface area (Å²) in [7, 11) is 0. The van der Waals surface area contributed by atoms with Crippen LogP contribution in [0.3, 0.4) is 0 Å². The van der Waals surface area contributed by atoms with Gasteiger partial charge in [0.1, 0.15) is 5.65 Å². The lowest BCUT2D eigenvalue weighted by Crippen LogP contribution is -2.21. The number of nitrogens with two attached hydrogens (primary N) is 1. The van der Waals surface area contributed by atoms with Crippen LogP contribution in [0.4, 0.5) is 11.4 Å². The fraction of sp³-hybridized carbons (Fsp3) is 0.188. The van der Waals surface area contributed by atoms with Crippen LogP contribution in [0.2, 0.25) is 0 Å². The molecule has 0 saturated carbocycles. The minimum atomic E-state index is 0.747. The maximum Gasteiger partial charge on any atom is 0.137 e. The number of rotatable bonds is 4. The number of para-hydroxylation sites is 1. The van der Waals surface area contributed by atoms with Crippen molar-refractivity contribution in [3.63, 3.8) is 0 Å². The van der Waals surface area contributed by atoms with Crippen LogP contribution in [0.25, 0.3) is 5.65 Å². The van der Waals surface area contributed by atoms with Gasteiger partial charge in [0.2, 0.25) is 0 Å². The molecular formula is C16H18N4. The lowest BCUT2D eigenvalue weighted by atomic mass is 10.2. The molecule has 0 aliphatic rings. The van der Waals surface area contributed by atoms with Gasteiger partial charge in [-0.2, -0.15) is 0 Å². The van der Waals surface area contributed by atoms with Crippen molar-refractivity contribution in [2.24, 2.45) is 0 Å². The normalized spacial score (nSPS) is 10.8. The van der Waals surface area contributed by atoms with Crippen molar-refractivity contribution in [2.75, 3.05) is 17.2 Å². The average molecular weight is 266 g/mol. The van der Waals surface area contributed by atoms with E-state index < -0.39 is 0 Å². The Morgan fingerprint density at radius 2 is 1.90 bits per heavy atom. The monoisotopic (exact) mass is 266 g/mol. The van der Waals surface area contributed by atoms with Gasteiger partial charge >= 0.3 is 0 Å². The van der Waals surface area contributed by atoms with Crippen molar-refractivity contribution < 1.29 is 0 Å². The second-order valence-electron chi connectivity index (χ2n) is 4.81. The summed E-state index contributed by atoms with van der Waals surface area (Å²) in [5.74, 6) is 0. The molecular weight excluding hydrogens is 248 g/mol. The largest absolute Gasteiger partial charge is 0.398 e. The minimum Gasteiger partial charge on any atom is -0.398 e. The Labute approximate surface area is 118 Å². The quantitative estimate of drug-likeness (QED) is 0.789. The molecule has 4 nitrogen and oxygen atoms in total. The summed E-state index contributed by atoms with van der Waals surface area (Å²) in [4.78, 5) is 6.93. The summed E-state index contributed by atoms with van der Waals surface area (Å²) in [5.41, 5.74) is 9.73. The van der Waals surface area contributed by atoms with Gasteiger partial charge in [0.15, 0.2) is 0 Å². The number of pyridine rings is 1. The van der Waals surface area contributed by atoms with Crippen molar-refractivity contribution in [1.82, 2.24) is 9.38 Å². The van der Waals surface area contributed by atoms with Gasteiger partial charge in [-0.25, -0.2) is 4.98 Å². The lowest BCUT2D eigenvalue weighted by Gasteiger charge is -2.21. The zero-order chi connectivity index (χ0) is 13.9. The molecule has 1 aromatic carbocycles. The van der Waals surface area contributed by atoms with Crippen LogP contribution < -0.4 is 10.6 Å². The first-order valence-corrected chi connectivity index (χ1v) is 6.79. The molecule has 0 spiro atoms. The van der Waals surface area contributed by atoms with Crippen molar-refractivity contribution in [3.05, 3.63) is 60.6 Å². The molecule has 2 heterocycles. The maximum atomic E-state index is 5.79. The number of hydrogen-bond donors (Lipinski definition) is 1. The van der Waals surface area contributed by atoms with Gasteiger partial charge in [0.25, 0.3) is 0 Å². The van der Waals surface area contributed by atoms with E-state index >= 15 is 0 Å². The second-order valence-corrected chi connectivity index (χ2v) is 4.81. The van der Waals surface area contributed by atoms with Gasteiger partial charge in [0.05, 0.1) is 12.2 Å². The van der Waals surface area contributed by atoms with Crippen molar-refractivity contribution in [1.29, 1.82) is 0 Å². The molecule has 0 unspecified atom stereocenters. The van der Waals surface area contributed by atoms with E-state index in [1.54, 1.807) is 0 Å². The third kappa shape index (κ3) is 2.45. The third-order valence-corrected chi connectivity index (χ3v) is 3.38. The molecule has 20 heavy (non-hydrogen) atoms. The smallest absolute Gasteiger partial charge is 0.137 e. The molecule has 2 aromatic heterocycles. The Kier molecular flexibility index (Phi) is 3.29. The summed E-state index contributed by atoms with van der Waals surface area (Å²) < 4.78 is 1.98. The van der Waals surface area contributed by atoms with Crippen LogP contribution in [0.1, 0.15) is 12.6 Å². The zero-order valence-corrected chi connectivity index (χ0v) is 11.5. The Balaban J connectivity index is 1.87. The number of nitrogens with zero attached hydrogens (tertiary/aromatic N) is 3. The van der Waals surface area contributed by atoms with Gasteiger partial charge in [-0.3, -0.25) is 0 Å². The molecule has 3 rings (SSSR count). The molecule has 0 atom stereocenters. The summed E-state index contributed by atoms with van der Waals surface area (Å²) in [6.07, 6.45) is 3.93. The number of aromatic nitrogens is 2. The van der Waals surface area contributed by atoms with Crippen LogP contribution in [0.15, 0.2) is 54.9 Å². The van der Waals surface area contributed by atoms with Crippen LogP contribution in [0.5, 0.6) is 0 Å². The molecule has 3 aromatic rings. The molecule has 4 heteroatoms. The first-order valence-electron chi connectivity index (χ1n) is 6.79. The van der Waals surface area contributed by atoms with Crippen molar-refractivity contribution >= 4 is 17.0 Å². The van der Waals surface area contributed by atoms with E-state index in [-0.39, 0.29) is 0 Å². The fourth-order valence-electron chi connectivity index (χ4n) is 2.36. The van der Waals surface area contributed by atoms with Crippen molar-refractivity contribution in [3.8, 4) is 0 Å². The van der Waals surface area contributed by atoms with Gasteiger partial charge < -0.3 is 15.0 Å². The minimum absolute atomic E-state index is 0.747. The fourth-order valence-corrected chi connectivity index (χ4v) is 2.36. The zero-order valence-electron chi connectivity index (χ0n) is 11.5. The first-order chi connectivity index (χ1) is 9.76. The summed E-state index contributed by atoms with van der Waals surface area (Å²) >= 11 is 0. The molecule has 0 aliphatic heterocycles. The van der Waals surface area contributed by atoms with E-state index in [0.717, 1.165) is 30.1 Å². The van der Waals surface area contributed by atoms with E-state index in [1.165, 1.54) is 5.69 Å². The number of fused-ring (bicyclic) bond motifs is 1. The van der Waals surface area contributed by atoms with Gasteiger partial charge in [0, 0.05) is 30.3 Å². The molecule has 0 fully saturated rings. The molecule has 0 amide bonds. The van der Waals surface area contributed by atoms with E-state index in [0.29, 0.717) is 0 Å². The first kappa shape index (κ1) is 12.5.